The first-order chi connectivity index (χ1) is 17.1. The Labute approximate surface area is 205 Å². The highest BCUT2D eigenvalue weighted by atomic mass is 32.2. The van der Waals surface area contributed by atoms with E-state index in [-0.39, 0.29) is 59.7 Å². The van der Waals surface area contributed by atoms with E-state index in [1.165, 1.54) is 33.2 Å². The van der Waals surface area contributed by atoms with Crippen molar-refractivity contribution in [3.05, 3.63) is 105 Å². The zero-order valence-electron chi connectivity index (χ0n) is 18.5. The molecule has 0 bridgehead atoms. The minimum Gasteiger partial charge on any atom is -0.308 e. The molecule has 1 aliphatic heterocycles. The monoisotopic (exact) mass is 484 g/mol. The van der Waals surface area contributed by atoms with Gasteiger partial charge in [-0.1, -0.05) is 60.7 Å². The molecule has 3 aliphatic carbocycles. The summed E-state index contributed by atoms with van der Waals surface area (Å²) >= 11 is 0.896. The maximum absolute atomic E-state index is 13.6. The topological polar surface area (TPSA) is 89.8 Å². The lowest BCUT2D eigenvalue weighted by atomic mass is 9.43. The van der Waals surface area contributed by atoms with Gasteiger partial charge in [-0.2, -0.15) is 0 Å². The van der Waals surface area contributed by atoms with Crippen LogP contribution in [0, 0.1) is 22.0 Å². The summed E-state index contributed by atoms with van der Waals surface area (Å²) in [6, 6.07) is 22.9. The minimum atomic E-state index is -0.459. The van der Waals surface area contributed by atoms with E-state index in [4.69, 9.17) is 4.18 Å². The highest BCUT2D eigenvalue weighted by Gasteiger charge is 2.78. The zero-order valence-corrected chi connectivity index (χ0v) is 19.3. The standard InChI is InChI=1S/C27H20N2O5S/c30-25-21-22(26(31)28(25)13-14-34-35-20-12-6-5-11-19(20)29(32)33)24-16-8-2-4-10-18(16)27(24)17-9-3-1-7-15(17)23(21)27/h1-12,21-24H,13-14H2. The molecule has 1 saturated carbocycles. The SMILES string of the molecule is O=C1C2C(C(=O)N1CCOSc1ccccc1[N+](=O)[O-])C1c3ccccc3C13c1ccccc1C23. The van der Waals surface area contributed by atoms with Crippen LogP contribution in [0.1, 0.15) is 34.1 Å². The van der Waals surface area contributed by atoms with E-state index in [2.05, 4.69) is 24.3 Å². The van der Waals surface area contributed by atoms with E-state index < -0.39 is 4.92 Å². The van der Waals surface area contributed by atoms with Gasteiger partial charge in [-0.3, -0.25) is 24.6 Å². The summed E-state index contributed by atoms with van der Waals surface area (Å²) in [5.74, 6) is -0.938. The third-order valence-electron chi connectivity index (χ3n) is 8.28. The molecule has 7 rings (SSSR count). The summed E-state index contributed by atoms with van der Waals surface area (Å²) in [5.41, 5.74) is 4.64. The Hall–Kier alpha value is -3.49. The fourth-order valence-corrected chi connectivity index (χ4v) is 7.84. The van der Waals surface area contributed by atoms with Crippen LogP contribution in [-0.4, -0.2) is 34.8 Å². The van der Waals surface area contributed by atoms with Crippen molar-refractivity contribution in [1.82, 2.24) is 4.90 Å². The van der Waals surface area contributed by atoms with Crippen molar-refractivity contribution in [2.75, 3.05) is 13.2 Å². The van der Waals surface area contributed by atoms with Crippen LogP contribution in [-0.2, 0) is 19.2 Å². The van der Waals surface area contributed by atoms with E-state index >= 15 is 0 Å². The number of rotatable bonds is 6. The molecule has 174 valence electrons. The predicted octanol–water partition coefficient (Wildman–Crippen LogP) is 4.41. The maximum Gasteiger partial charge on any atom is 0.285 e. The molecule has 35 heavy (non-hydrogen) atoms. The molecule has 1 heterocycles. The van der Waals surface area contributed by atoms with Gasteiger partial charge >= 0.3 is 0 Å². The van der Waals surface area contributed by atoms with Gasteiger partial charge in [0, 0.05) is 35.4 Å². The molecular weight excluding hydrogens is 464 g/mol. The van der Waals surface area contributed by atoms with Crippen molar-refractivity contribution in [1.29, 1.82) is 0 Å². The first-order valence-electron chi connectivity index (χ1n) is 11.6. The van der Waals surface area contributed by atoms with Gasteiger partial charge in [0.2, 0.25) is 11.8 Å². The minimum absolute atomic E-state index is 0.0207. The molecule has 0 aromatic heterocycles. The van der Waals surface area contributed by atoms with E-state index in [0.29, 0.717) is 4.90 Å². The summed E-state index contributed by atoms with van der Waals surface area (Å²) in [4.78, 5) is 39.7. The molecule has 3 aromatic carbocycles. The van der Waals surface area contributed by atoms with Crippen molar-refractivity contribution in [2.24, 2.45) is 11.8 Å². The first kappa shape index (κ1) is 20.8. The molecule has 2 amide bonds. The number of nitrogens with zero attached hydrogens (tertiary/aromatic N) is 2. The van der Waals surface area contributed by atoms with E-state index in [1.54, 1.807) is 18.2 Å². The lowest BCUT2D eigenvalue weighted by Crippen LogP contribution is -2.55. The number of likely N-dealkylation sites (tertiary alicyclic amines) is 1. The van der Waals surface area contributed by atoms with Crippen LogP contribution in [0.25, 0.3) is 0 Å². The summed E-state index contributed by atoms with van der Waals surface area (Å²) in [7, 11) is 0. The molecular formula is C27H20N2O5S. The molecule has 3 aromatic rings. The van der Waals surface area contributed by atoms with E-state index in [9.17, 15) is 19.7 Å². The van der Waals surface area contributed by atoms with Gasteiger partial charge in [0.05, 0.1) is 29.9 Å². The van der Waals surface area contributed by atoms with Gasteiger partial charge in [-0.25, -0.2) is 0 Å². The molecule has 0 radical (unpaired) electrons. The Morgan fingerprint density at radius 2 is 1.40 bits per heavy atom. The van der Waals surface area contributed by atoms with Gasteiger partial charge < -0.3 is 4.18 Å². The van der Waals surface area contributed by atoms with E-state index in [1.807, 2.05) is 24.3 Å². The first-order valence-corrected chi connectivity index (χ1v) is 12.4. The Balaban J connectivity index is 1.14. The fourth-order valence-electron chi connectivity index (χ4n) is 7.20. The Morgan fingerprint density at radius 3 is 2.00 bits per heavy atom. The van der Waals surface area contributed by atoms with Gasteiger partial charge in [0.25, 0.3) is 5.69 Å². The number of imide groups is 1. The van der Waals surface area contributed by atoms with Crippen molar-refractivity contribution < 1.29 is 18.7 Å². The maximum atomic E-state index is 13.6. The highest BCUT2D eigenvalue weighted by molar-refractivity contribution is 7.94. The van der Waals surface area contributed by atoms with Crippen LogP contribution in [0.3, 0.4) is 0 Å². The van der Waals surface area contributed by atoms with Gasteiger partial charge in [-0.15, -0.1) is 0 Å². The third kappa shape index (κ3) is 2.45. The van der Waals surface area contributed by atoms with Crippen molar-refractivity contribution in [2.45, 2.75) is 22.1 Å². The lowest BCUT2D eigenvalue weighted by Gasteiger charge is -2.59. The van der Waals surface area contributed by atoms with Crippen molar-refractivity contribution in [3.8, 4) is 0 Å². The second kappa shape index (κ2) is 7.26. The van der Waals surface area contributed by atoms with Gasteiger partial charge in [-0.05, 0) is 28.3 Å². The normalized spacial score (nSPS) is 28.9. The summed E-state index contributed by atoms with van der Waals surface area (Å²) in [6.07, 6.45) is 0. The number of fused-ring (bicyclic) bond motifs is 7. The molecule has 0 N–H and O–H groups in total. The van der Waals surface area contributed by atoms with Crippen LogP contribution in [0.4, 0.5) is 5.69 Å². The molecule has 1 saturated heterocycles. The molecule has 4 aliphatic rings. The summed E-state index contributed by atoms with van der Waals surface area (Å²) in [5, 5.41) is 11.2. The quantitative estimate of drug-likeness (QED) is 0.169. The average Bonchev–Trinajstić information content (AvgIpc) is 3.22. The number of benzene rings is 3. The average molecular weight is 485 g/mol. The third-order valence-corrected chi connectivity index (χ3v) is 9.09. The Bertz CT molecular complexity index is 1360. The van der Waals surface area contributed by atoms with Gasteiger partial charge in [0.15, 0.2) is 0 Å². The zero-order chi connectivity index (χ0) is 23.9. The number of carbonyl (C=O) groups excluding carboxylic acids is 2. The number of amides is 2. The second-order valence-corrected chi connectivity index (χ2v) is 10.4. The van der Waals surface area contributed by atoms with Gasteiger partial charge in [0.1, 0.15) is 4.90 Å². The molecule has 1 spiro atoms. The van der Waals surface area contributed by atoms with Crippen LogP contribution < -0.4 is 0 Å². The smallest absolute Gasteiger partial charge is 0.285 e. The number of hydrogen-bond acceptors (Lipinski definition) is 6. The summed E-state index contributed by atoms with van der Waals surface area (Å²) < 4.78 is 5.59. The Morgan fingerprint density at radius 1 is 0.857 bits per heavy atom. The number of nitro groups is 1. The fraction of sp³-hybridized carbons (Fsp3) is 0.259. The van der Waals surface area contributed by atoms with Crippen LogP contribution in [0.5, 0.6) is 0 Å². The number of hydrogen-bond donors (Lipinski definition) is 0. The second-order valence-electron chi connectivity index (χ2n) is 9.51. The van der Waals surface area contributed by atoms with E-state index in [0.717, 1.165) is 12.0 Å². The number of para-hydroxylation sites is 1. The number of nitro benzene ring substituents is 1. The predicted molar refractivity (Wildman–Crippen MR) is 128 cm³/mol. The molecule has 4 atom stereocenters. The number of carbonyl (C=O) groups is 2. The molecule has 7 nitrogen and oxygen atoms in total. The van der Waals surface area contributed by atoms with Crippen LogP contribution in [0.2, 0.25) is 0 Å². The van der Waals surface area contributed by atoms with Crippen molar-refractivity contribution in [3.63, 3.8) is 0 Å². The Kier molecular flexibility index (Phi) is 4.32. The molecule has 8 heteroatoms. The molecule has 2 fully saturated rings. The molecule has 4 unspecified atom stereocenters. The largest absolute Gasteiger partial charge is 0.308 e. The van der Waals surface area contributed by atoms with Crippen molar-refractivity contribution >= 4 is 29.5 Å². The lowest BCUT2D eigenvalue weighted by molar-refractivity contribution is -0.387. The highest BCUT2D eigenvalue weighted by Crippen LogP contribution is 2.80. The van der Waals surface area contributed by atoms with Crippen LogP contribution >= 0.6 is 12.0 Å². The van der Waals surface area contributed by atoms with Crippen LogP contribution in [0.15, 0.2) is 77.7 Å². The summed E-state index contributed by atoms with van der Waals surface area (Å²) in [6.45, 7) is 0.231.